The molecule has 0 fully saturated rings. The molecular weight excluding hydrogens is 212 g/mol. The van der Waals surface area contributed by atoms with Gasteiger partial charge in [-0.15, -0.1) is 0 Å². The lowest BCUT2D eigenvalue weighted by Crippen LogP contribution is -2.16. The molecule has 2 rings (SSSR count). The second-order valence-electron chi connectivity index (χ2n) is 4.39. The van der Waals surface area contributed by atoms with Crippen LogP contribution in [0.5, 0.6) is 0 Å². The van der Waals surface area contributed by atoms with Crippen LogP contribution in [0.1, 0.15) is 19.0 Å². The number of fused-ring (bicyclic) bond motifs is 1. The first-order valence-electron chi connectivity index (χ1n) is 5.94. The van der Waals surface area contributed by atoms with Crippen LogP contribution < -0.4 is 5.32 Å². The van der Waals surface area contributed by atoms with E-state index in [9.17, 15) is 0 Å². The van der Waals surface area contributed by atoms with E-state index in [1.807, 2.05) is 25.1 Å². The summed E-state index contributed by atoms with van der Waals surface area (Å²) < 4.78 is 0. The molecule has 1 aromatic carbocycles. The number of para-hydroxylation sites is 1. The average molecular weight is 230 g/mol. The van der Waals surface area contributed by atoms with Crippen LogP contribution in [-0.2, 0) is 0 Å². The third-order valence-electron chi connectivity index (χ3n) is 2.81. The van der Waals surface area contributed by atoms with E-state index in [-0.39, 0.29) is 12.6 Å². The summed E-state index contributed by atoms with van der Waals surface area (Å²) in [6.45, 7) is 4.27. The number of aliphatic hydroxyl groups excluding tert-OH is 1. The maximum absolute atomic E-state index is 8.93. The zero-order valence-electron chi connectivity index (χ0n) is 10.3. The monoisotopic (exact) mass is 230 g/mol. The Morgan fingerprint density at radius 1 is 1.35 bits per heavy atom. The lowest BCUT2D eigenvalue weighted by Gasteiger charge is -2.16. The molecule has 3 nitrogen and oxygen atoms in total. The molecule has 0 radical (unpaired) electrons. The van der Waals surface area contributed by atoms with Crippen molar-refractivity contribution < 1.29 is 5.11 Å². The molecule has 0 aliphatic carbocycles. The van der Waals surface area contributed by atoms with Gasteiger partial charge in [-0.3, -0.25) is 4.98 Å². The van der Waals surface area contributed by atoms with Crippen molar-refractivity contribution in [2.75, 3.05) is 11.9 Å². The highest BCUT2D eigenvalue weighted by Crippen LogP contribution is 2.23. The fourth-order valence-electron chi connectivity index (χ4n) is 1.96. The average Bonchev–Trinajstić information content (AvgIpc) is 2.29. The highest BCUT2D eigenvalue weighted by molar-refractivity contribution is 5.91. The highest BCUT2D eigenvalue weighted by Gasteiger charge is 2.06. The molecule has 17 heavy (non-hydrogen) atoms. The van der Waals surface area contributed by atoms with Gasteiger partial charge in [0.05, 0.1) is 5.52 Å². The molecule has 0 saturated heterocycles. The molecule has 1 unspecified atom stereocenters. The van der Waals surface area contributed by atoms with Gasteiger partial charge >= 0.3 is 0 Å². The van der Waals surface area contributed by atoms with E-state index in [1.165, 1.54) is 0 Å². The Kier molecular flexibility index (Phi) is 3.59. The number of aromatic nitrogens is 1. The van der Waals surface area contributed by atoms with Gasteiger partial charge < -0.3 is 10.4 Å². The third kappa shape index (κ3) is 2.74. The maximum atomic E-state index is 8.93. The van der Waals surface area contributed by atoms with Crippen LogP contribution in [0.4, 0.5) is 5.69 Å². The number of rotatable bonds is 4. The van der Waals surface area contributed by atoms with Crippen molar-refractivity contribution >= 4 is 16.6 Å². The van der Waals surface area contributed by atoms with Crippen LogP contribution in [-0.4, -0.2) is 22.7 Å². The molecule has 1 atom stereocenters. The molecule has 0 spiro atoms. The quantitative estimate of drug-likeness (QED) is 0.849. The molecule has 2 N–H and O–H groups in total. The lowest BCUT2D eigenvalue weighted by molar-refractivity contribution is 0.282. The summed E-state index contributed by atoms with van der Waals surface area (Å²) in [6, 6.07) is 10.4. The molecule has 2 aromatic rings. The molecule has 0 saturated carbocycles. The van der Waals surface area contributed by atoms with Crippen molar-refractivity contribution in [3.8, 4) is 0 Å². The zero-order chi connectivity index (χ0) is 12.3. The predicted molar refractivity (Wildman–Crippen MR) is 71.3 cm³/mol. The van der Waals surface area contributed by atoms with Crippen LogP contribution in [0.25, 0.3) is 10.9 Å². The van der Waals surface area contributed by atoms with Crippen molar-refractivity contribution in [2.24, 2.45) is 0 Å². The van der Waals surface area contributed by atoms with E-state index in [2.05, 4.69) is 29.4 Å². The second kappa shape index (κ2) is 5.15. The van der Waals surface area contributed by atoms with Gasteiger partial charge in [-0.2, -0.15) is 0 Å². The minimum Gasteiger partial charge on any atom is -0.396 e. The molecule has 0 amide bonds. The first kappa shape index (κ1) is 11.9. The van der Waals surface area contributed by atoms with Crippen LogP contribution >= 0.6 is 0 Å². The summed E-state index contributed by atoms with van der Waals surface area (Å²) >= 11 is 0. The number of nitrogens with zero attached hydrogens (tertiary/aromatic N) is 1. The number of aliphatic hydroxyl groups is 1. The van der Waals surface area contributed by atoms with Crippen molar-refractivity contribution in [1.29, 1.82) is 0 Å². The van der Waals surface area contributed by atoms with Crippen molar-refractivity contribution in [3.05, 3.63) is 36.0 Å². The third-order valence-corrected chi connectivity index (χ3v) is 2.81. The predicted octanol–water partition coefficient (Wildman–Crippen LogP) is 2.73. The number of benzene rings is 1. The van der Waals surface area contributed by atoms with Crippen LogP contribution in [0.3, 0.4) is 0 Å². The molecule has 3 heteroatoms. The summed E-state index contributed by atoms with van der Waals surface area (Å²) in [4.78, 5) is 4.50. The molecule has 1 aromatic heterocycles. The number of hydrogen-bond acceptors (Lipinski definition) is 3. The molecule has 0 aliphatic rings. The lowest BCUT2D eigenvalue weighted by atomic mass is 10.1. The number of anilines is 1. The highest BCUT2D eigenvalue weighted by atomic mass is 16.3. The van der Waals surface area contributed by atoms with Gasteiger partial charge in [-0.05, 0) is 32.4 Å². The van der Waals surface area contributed by atoms with Crippen LogP contribution in [0.15, 0.2) is 30.3 Å². The summed E-state index contributed by atoms with van der Waals surface area (Å²) in [5.74, 6) is 0. The van der Waals surface area contributed by atoms with Crippen LogP contribution in [0.2, 0.25) is 0 Å². The van der Waals surface area contributed by atoms with E-state index in [0.717, 1.165) is 28.7 Å². The number of nitrogens with one attached hydrogen (secondary N) is 1. The number of aryl methyl sites for hydroxylation is 1. The normalized spacial score (nSPS) is 12.6. The van der Waals surface area contributed by atoms with Gasteiger partial charge in [0.1, 0.15) is 0 Å². The first-order valence-corrected chi connectivity index (χ1v) is 5.94. The first-order chi connectivity index (χ1) is 8.20. The van der Waals surface area contributed by atoms with Gasteiger partial charge in [0.2, 0.25) is 0 Å². The van der Waals surface area contributed by atoms with E-state index in [0.29, 0.717) is 0 Å². The van der Waals surface area contributed by atoms with Gasteiger partial charge in [0.25, 0.3) is 0 Å². The van der Waals surface area contributed by atoms with E-state index in [4.69, 9.17) is 5.11 Å². The summed E-state index contributed by atoms with van der Waals surface area (Å²) in [5.41, 5.74) is 3.10. The molecular formula is C14H18N2O. The minimum absolute atomic E-state index is 0.205. The Balaban J connectivity index is 2.38. The number of pyridine rings is 1. The minimum atomic E-state index is 0.205. The molecule has 0 bridgehead atoms. The summed E-state index contributed by atoms with van der Waals surface area (Å²) in [7, 11) is 0. The molecule has 90 valence electrons. The van der Waals surface area contributed by atoms with Gasteiger partial charge in [-0.1, -0.05) is 18.2 Å². The smallest absolute Gasteiger partial charge is 0.0725 e. The second-order valence-corrected chi connectivity index (χ2v) is 4.39. The summed E-state index contributed by atoms with van der Waals surface area (Å²) in [6.07, 6.45) is 0.746. The fourth-order valence-corrected chi connectivity index (χ4v) is 1.96. The Morgan fingerprint density at radius 3 is 2.88 bits per heavy atom. The van der Waals surface area contributed by atoms with E-state index in [1.54, 1.807) is 0 Å². The van der Waals surface area contributed by atoms with Crippen LogP contribution in [0, 0.1) is 6.92 Å². The zero-order valence-corrected chi connectivity index (χ0v) is 10.3. The standard InChI is InChI=1S/C14H18N2O/c1-10(7-8-17)15-14-9-11(2)16-13-6-4-3-5-12(13)14/h3-6,9-10,17H,7-8H2,1-2H3,(H,15,16). The van der Waals surface area contributed by atoms with Gasteiger partial charge in [0, 0.05) is 29.4 Å². The maximum Gasteiger partial charge on any atom is 0.0725 e. The summed E-state index contributed by atoms with van der Waals surface area (Å²) in [5, 5.41) is 13.5. The SMILES string of the molecule is Cc1cc(NC(C)CCO)c2ccccc2n1. The number of hydrogen-bond donors (Lipinski definition) is 2. The molecule has 1 heterocycles. The van der Waals surface area contributed by atoms with E-state index < -0.39 is 0 Å². The largest absolute Gasteiger partial charge is 0.396 e. The van der Waals surface area contributed by atoms with Crippen molar-refractivity contribution in [1.82, 2.24) is 4.98 Å². The Labute approximate surface area is 102 Å². The topological polar surface area (TPSA) is 45.1 Å². The van der Waals surface area contributed by atoms with Crippen molar-refractivity contribution in [3.63, 3.8) is 0 Å². The Bertz CT molecular complexity index is 511. The van der Waals surface area contributed by atoms with E-state index >= 15 is 0 Å². The molecule has 0 aliphatic heterocycles. The van der Waals surface area contributed by atoms with Gasteiger partial charge in [0.15, 0.2) is 0 Å². The van der Waals surface area contributed by atoms with Gasteiger partial charge in [-0.25, -0.2) is 0 Å². The fraction of sp³-hybridized carbons (Fsp3) is 0.357. The Hall–Kier alpha value is -1.61. The van der Waals surface area contributed by atoms with Crippen molar-refractivity contribution in [2.45, 2.75) is 26.3 Å². The Morgan fingerprint density at radius 2 is 2.12 bits per heavy atom.